The summed E-state index contributed by atoms with van der Waals surface area (Å²) in [6.45, 7) is 1.14. The van der Waals surface area contributed by atoms with Crippen LogP contribution in [0.25, 0.3) is 0 Å². The van der Waals surface area contributed by atoms with Crippen LogP contribution in [0.2, 0.25) is 5.02 Å². The summed E-state index contributed by atoms with van der Waals surface area (Å²) in [7, 11) is -3.66. The maximum Gasteiger partial charge on any atom is 0.303 e. The van der Waals surface area contributed by atoms with E-state index in [0.717, 1.165) is 6.92 Å². The summed E-state index contributed by atoms with van der Waals surface area (Å²) in [5, 5.41) is 0.115. The minimum Gasteiger partial charge on any atom is -0.449 e. The quantitative estimate of drug-likeness (QED) is 0.763. The van der Waals surface area contributed by atoms with Gasteiger partial charge >= 0.3 is 5.97 Å². The number of benzene rings is 1. The summed E-state index contributed by atoms with van der Waals surface area (Å²) in [6, 6.07) is 5.99. The number of rotatable bonds is 3. The third-order valence-electron chi connectivity index (χ3n) is 1.59. The maximum atomic E-state index is 11.6. The number of hydrogen-bond acceptors (Lipinski definition) is 4. The van der Waals surface area contributed by atoms with Gasteiger partial charge in [0.2, 0.25) is 9.84 Å². The minimum atomic E-state index is -3.66. The molecule has 0 bridgehead atoms. The van der Waals surface area contributed by atoms with Gasteiger partial charge in [-0.1, -0.05) is 23.7 Å². The molecule has 15 heavy (non-hydrogen) atoms. The molecule has 0 radical (unpaired) electrons. The van der Waals surface area contributed by atoms with Gasteiger partial charge in [-0.2, -0.15) is 0 Å². The molecule has 0 saturated carbocycles. The third kappa shape index (κ3) is 3.21. The van der Waals surface area contributed by atoms with E-state index in [2.05, 4.69) is 4.74 Å². The standard InChI is InChI=1S/C9H9ClO4S/c1-7(11)14-6-15(12,13)9-5-3-2-4-8(9)10/h2-5H,6H2,1H3. The Morgan fingerprint density at radius 3 is 2.53 bits per heavy atom. The van der Waals surface area contributed by atoms with Crippen LogP contribution in [0, 0.1) is 0 Å². The summed E-state index contributed by atoms with van der Waals surface area (Å²) in [5.74, 6) is -1.34. The smallest absolute Gasteiger partial charge is 0.303 e. The van der Waals surface area contributed by atoms with Crippen molar-refractivity contribution in [1.82, 2.24) is 0 Å². The molecular weight excluding hydrogens is 240 g/mol. The molecule has 6 heteroatoms. The topological polar surface area (TPSA) is 60.4 Å². The van der Waals surface area contributed by atoms with Gasteiger partial charge in [0, 0.05) is 6.92 Å². The average molecular weight is 249 g/mol. The van der Waals surface area contributed by atoms with Gasteiger partial charge in [-0.05, 0) is 12.1 Å². The lowest BCUT2D eigenvalue weighted by atomic mass is 10.4. The van der Waals surface area contributed by atoms with Crippen LogP contribution < -0.4 is 0 Å². The second-order valence-electron chi connectivity index (χ2n) is 2.80. The van der Waals surface area contributed by atoms with Gasteiger partial charge in [0.05, 0.1) is 9.92 Å². The molecule has 0 heterocycles. The van der Waals surface area contributed by atoms with E-state index < -0.39 is 21.7 Å². The van der Waals surface area contributed by atoms with Crippen LogP contribution in [-0.2, 0) is 19.4 Å². The van der Waals surface area contributed by atoms with Crippen molar-refractivity contribution >= 4 is 27.4 Å². The summed E-state index contributed by atoms with van der Waals surface area (Å²) >= 11 is 5.70. The van der Waals surface area contributed by atoms with Crippen LogP contribution in [-0.4, -0.2) is 20.3 Å². The highest BCUT2D eigenvalue weighted by molar-refractivity contribution is 7.91. The number of carbonyl (C=O) groups excluding carboxylic acids is 1. The Labute approximate surface area is 92.7 Å². The average Bonchev–Trinajstić information content (AvgIpc) is 2.15. The molecule has 1 aromatic rings. The molecule has 1 aromatic carbocycles. The largest absolute Gasteiger partial charge is 0.449 e. The molecule has 1 rings (SSSR count). The van der Waals surface area contributed by atoms with E-state index >= 15 is 0 Å². The minimum absolute atomic E-state index is 0.0343. The molecule has 0 spiro atoms. The highest BCUT2D eigenvalue weighted by Gasteiger charge is 2.18. The normalized spacial score (nSPS) is 11.1. The predicted octanol–water partition coefficient (Wildman–Crippen LogP) is 1.63. The van der Waals surface area contributed by atoms with Gasteiger partial charge in [-0.15, -0.1) is 0 Å². The van der Waals surface area contributed by atoms with Gasteiger partial charge in [-0.25, -0.2) is 8.42 Å². The molecule has 82 valence electrons. The molecule has 4 nitrogen and oxygen atoms in total. The molecule has 0 N–H and O–H groups in total. The monoisotopic (exact) mass is 248 g/mol. The van der Waals surface area contributed by atoms with Crippen molar-refractivity contribution in [3.63, 3.8) is 0 Å². The number of carbonyl (C=O) groups is 1. The lowest BCUT2D eigenvalue weighted by molar-refractivity contribution is -0.138. The fourth-order valence-corrected chi connectivity index (χ4v) is 2.51. The van der Waals surface area contributed by atoms with E-state index in [0.29, 0.717) is 0 Å². The van der Waals surface area contributed by atoms with Crippen LogP contribution in [0.4, 0.5) is 0 Å². The van der Waals surface area contributed by atoms with Crippen molar-refractivity contribution in [2.75, 3.05) is 5.94 Å². The van der Waals surface area contributed by atoms with E-state index in [9.17, 15) is 13.2 Å². The maximum absolute atomic E-state index is 11.6. The number of hydrogen-bond donors (Lipinski definition) is 0. The predicted molar refractivity (Wildman–Crippen MR) is 55.3 cm³/mol. The molecule has 0 aliphatic heterocycles. The van der Waals surface area contributed by atoms with E-state index in [-0.39, 0.29) is 9.92 Å². The number of halogens is 1. The second kappa shape index (κ2) is 4.63. The molecule has 0 aliphatic rings. The summed E-state index contributed by atoms with van der Waals surface area (Å²) in [5.41, 5.74) is 0. The molecule has 0 aromatic heterocycles. The highest BCUT2D eigenvalue weighted by atomic mass is 35.5. The van der Waals surface area contributed by atoms with Crippen molar-refractivity contribution in [2.45, 2.75) is 11.8 Å². The molecule has 0 aliphatic carbocycles. The Balaban J connectivity index is 2.97. The molecule has 0 atom stereocenters. The van der Waals surface area contributed by atoms with Crippen LogP contribution in [0.15, 0.2) is 29.2 Å². The Morgan fingerprint density at radius 2 is 2.00 bits per heavy atom. The van der Waals surface area contributed by atoms with Crippen LogP contribution in [0.3, 0.4) is 0 Å². The molecular formula is C9H9ClO4S. The summed E-state index contributed by atoms with van der Waals surface area (Å²) in [6.07, 6.45) is 0. The Bertz CT molecular complexity index is 467. The van der Waals surface area contributed by atoms with E-state index in [4.69, 9.17) is 11.6 Å². The first kappa shape index (κ1) is 12.0. The summed E-state index contributed by atoms with van der Waals surface area (Å²) < 4.78 is 27.6. The third-order valence-corrected chi connectivity index (χ3v) is 3.48. The van der Waals surface area contributed by atoms with Crippen LogP contribution >= 0.6 is 11.6 Å². The van der Waals surface area contributed by atoms with Gasteiger partial charge in [0.1, 0.15) is 0 Å². The first-order valence-corrected chi connectivity index (χ1v) is 6.07. The van der Waals surface area contributed by atoms with Gasteiger partial charge in [0.15, 0.2) is 5.94 Å². The first-order chi connectivity index (χ1) is 6.93. The zero-order valence-electron chi connectivity index (χ0n) is 7.94. The number of ether oxygens (including phenoxy) is 1. The van der Waals surface area contributed by atoms with Crippen LogP contribution in [0.1, 0.15) is 6.92 Å². The fraction of sp³-hybridized carbons (Fsp3) is 0.222. The van der Waals surface area contributed by atoms with Gasteiger partial charge in [0.25, 0.3) is 0 Å². The molecule has 0 amide bonds. The Hall–Kier alpha value is -1.07. The number of sulfone groups is 1. The second-order valence-corrected chi connectivity index (χ2v) is 5.11. The van der Waals surface area contributed by atoms with Crippen molar-refractivity contribution in [3.8, 4) is 0 Å². The fourth-order valence-electron chi connectivity index (χ4n) is 0.921. The highest BCUT2D eigenvalue weighted by Crippen LogP contribution is 2.21. The summed E-state index contributed by atoms with van der Waals surface area (Å²) in [4.78, 5) is 10.5. The van der Waals surface area contributed by atoms with E-state index in [1.54, 1.807) is 12.1 Å². The zero-order chi connectivity index (χ0) is 11.5. The van der Waals surface area contributed by atoms with Gasteiger partial charge in [-0.3, -0.25) is 4.79 Å². The van der Waals surface area contributed by atoms with Crippen molar-refractivity contribution < 1.29 is 17.9 Å². The lowest BCUT2D eigenvalue weighted by Crippen LogP contribution is -2.13. The molecule has 0 unspecified atom stereocenters. The number of esters is 1. The lowest BCUT2D eigenvalue weighted by Gasteiger charge is -2.05. The zero-order valence-corrected chi connectivity index (χ0v) is 9.51. The Morgan fingerprint density at radius 1 is 1.40 bits per heavy atom. The Kier molecular flexibility index (Phi) is 3.71. The van der Waals surface area contributed by atoms with E-state index in [1.807, 2.05) is 0 Å². The van der Waals surface area contributed by atoms with Crippen molar-refractivity contribution in [3.05, 3.63) is 29.3 Å². The van der Waals surface area contributed by atoms with Crippen molar-refractivity contribution in [1.29, 1.82) is 0 Å². The molecule has 0 saturated heterocycles. The van der Waals surface area contributed by atoms with E-state index in [1.165, 1.54) is 12.1 Å². The van der Waals surface area contributed by atoms with Crippen LogP contribution in [0.5, 0.6) is 0 Å². The van der Waals surface area contributed by atoms with Crippen molar-refractivity contribution in [2.24, 2.45) is 0 Å². The SMILES string of the molecule is CC(=O)OCS(=O)(=O)c1ccccc1Cl. The van der Waals surface area contributed by atoms with Gasteiger partial charge < -0.3 is 4.74 Å². The first-order valence-electron chi connectivity index (χ1n) is 4.04. The molecule has 0 fully saturated rings.